The zero-order valence-electron chi connectivity index (χ0n) is 19.3. The lowest BCUT2D eigenvalue weighted by atomic mass is 9.99. The second-order valence-corrected chi connectivity index (χ2v) is 14.6. The van der Waals surface area contributed by atoms with Gasteiger partial charge in [0, 0.05) is 37.4 Å². The highest BCUT2D eigenvalue weighted by molar-refractivity contribution is 6.83. The molecule has 6 nitrogen and oxygen atoms in total. The summed E-state index contributed by atoms with van der Waals surface area (Å²) in [6.45, 7) is 16.6. The highest BCUT2D eigenvalue weighted by Crippen LogP contribution is 2.27. The zero-order chi connectivity index (χ0) is 22.7. The molecule has 1 amide bonds. The fourth-order valence-corrected chi connectivity index (χ4v) is 3.74. The number of carboxylic acid groups (broad SMARTS) is 1. The van der Waals surface area contributed by atoms with E-state index < -0.39 is 19.6 Å². The minimum atomic E-state index is -1.55. The van der Waals surface area contributed by atoms with Crippen LogP contribution in [0.25, 0.3) is 0 Å². The first-order valence-corrected chi connectivity index (χ1v) is 13.9. The second kappa shape index (κ2) is 9.13. The first-order chi connectivity index (χ1) is 13.7. The van der Waals surface area contributed by atoms with E-state index in [0.717, 1.165) is 22.4 Å². The summed E-state index contributed by atoms with van der Waals surface area (Å²) in [7, 11) is -1.55. The van der Waals surface area contributed by atoms with Crippen molar-refractivity contribution in [1.82, 2.24) is 4.90 Å². The van der Waals surface area contributed by atoms with E-state index in [-0.39, 0.29) is 12.5 Å². The van der Waals surface area contributed by atoms with Crippen LogP contribution in [0.1, 0.15) is 37.5 Å². The van der Waals surface area contributed by atoms with Crippen molar-refractivity contribution in [3.63, 3.8) is 0 Å². The van der Waals surface area contributed by atoms with Gasteiger partial charge in [-0.3, -0.25) is 4.79 Å². The van der Waals surface area contributed by atoms with E-state index in [4.69, 9.17) is 4.74 Å². The van der Waals surface area contributed by atoms with Crippen LogP contribution in [0, 0.1) is 18.4 Å². The molecular weight excluding hydrogens is 396 g/mol. The highest BCUT2D eigenvalue weighted by atomic mass is 28.3. The van der Waals surface area contributed by atoms with Gasteiger partial charge in [0.2, 0.25) is 0 Å². The fraction of sp³-hybridized carbons (Fsp3) is 0.565. The summed E-state index contributed by atoms with van der Waals surface area (Å²) in [6, 6.07) is 3.95. The molecule has 1 aromatic carbocycles. The molecule has 7 heteroatoms. The van der Waals surface area contributed by atoms with E-state index in [0.29, 0.717) is 26.2 Å². The Morgan fingerprint density at radius 1 is 1.13 bits per heavy atom. The predicted molar refractivity (Wildman–Crippen MR) is 123 cm³/mol. The van der Waals surface area contributed by atoms with Crippen molar-refractivity contribution in [2.24, 2.45) is 0 Å². The normalized spacial score (nSPS) is 14.8. The number of nitrogens with zero attached hydrogens (tertiary/aromatic N) is 2. The molecule has 30 heavy (non-hydrogen) atoms. The monoisotopic (exact) mass is 430 g/mol. The summed E-state index contributed by atoms with van der Waals surface area (Å²) in [4.78, 5) is 27.6. The van der Waals surface area contributed by atoms with Crippen LogP contribution < -0.4 is 4.90 Å². The molecule has 0 saturated carbocycles. The zero-order valence-corrected chi connectivity index (χ0v) is 20.3. The Hall–Kier alpha value is -2.46. The Morgan fingerprint density at radius 3 is 2.23 bits per heavy atom. The lowest BCUT2D eigenvalue weighted by molar-refractivity contribution is -0.136. The molecule has 1 N–H and O–H groups in total. The van der Waals surface area contributed by atoms with Crippen LogP contribution in [0.2, 0.25) is 19.6 Å². The molecular formula is C23H34N2O4Si. The maximum Gasteiger partial charge on any atom is 0.410 e. The van der Waals surface area contributed by atoms with Crippen LogP contribution in [0.5, 0.6) is 0 Å². The molecule has 0 unspecified atom stereocenters. The van der Waals surface area contributed by atoms with E-state index in [1.54, 1.807) is 4.90 Å². The number of hydrogen-bond donors (Lipinski definition) is 1. The van der Waals surface area contributed by atoms with Crippen molar-refractivity contribution in [3.8, 4) is 11.5 Å². The number of ether oxygens (including phenoxy) is 1. The standard InChI is InChI=1S/C23H34N2O4Si/c1-17-19(16-21(26)27)14-18(8-13-30(5,6)7)15-20(17)24-9-11-25(12-10-24)22(28)29-23(2,3)4/h14-15H,9-12,16H2,1-7H3,(H,26,27). The van der Waals surface area contributed by atoms with Crippen LogP contribution in [-0.4, -0.2) is 61.9 Å². The number of amides is 1. The number of aliphatic carboxylic acids is 1. The third-order valence-electron chi connectivity index (χ3n) is 4.68. The molecule has 164 valence electrons. The van der Waals surface area contributed by atoms with Gasteiger partial charge < -0.3 is 19.6 Å². The summed E-state index contributed by atoms with van der Waals surface area (Å²) in [5.41, 5.74) is 6.45. The molecule has 0 aromatic heterocycles. The van der Waals surface area contributed by atoms with Gasteiger partial charge in [0.15, 0.2) is 0 Å². The summed E-state index contributed by atoms with van der Waals surface area (Å²) in [5, 5.41) is 9.33. The summed E-state index contributed by atoms with van der Waals surface area (Å²) in [5.74, 6) is 2.41. The molecule has 1 aromatic rings. The molecule has 0 atom stereocenters. The van der Waals surface area contributed by atoms with E-state index in [2.05, 4.69) is 42.1 Å². The minimum absolute atomic E-state index is 0.0286. The molecule has 0 spiro atoms. The molecule has 1 aliphatic rings. The van der Waals surface area contributed by atoms with E-state index >= 15 is 0 Å². The molecule has 1 fully saturated rings. The van der Waals surface area contributed by atoms with Crippen LogP contribution in [-0.2, 0) is 16.0 Å². The van der Waals surface area contributed by atoms with Gasteiger partial charge in [-0.2, -0.15) is 0 Å². The first kappa shape index (κ1) is 23.8. The van der Waals surface area contributed by atoms with E-state index in [1.165, 1.54) is 0 Å². The number of piperazine rings is 1. The lowest BCUT2D eigenvalue weighted by Gasteiger charge is -2.37. The molecule has 0 bridgehead atoms. The van der Waals surface area contributed by atoms with Gasteiger partial charge in [0.1, 0.15) is 13.7 Å². The lowest BCUT2D eigenvalue weighted by Crippen LogP contribution is -2.50. The first-order valence-electron chi connectivity index (χ1n) is 10.4. The average Bonchev–Trinajstić information content (AvgIpc) is 2.60. The largest absolute Gasteiger partial charge is 0.481 e. The SMILES string of the molecule is Cc1c(CC(=O)O)cc(C#C[Si](C)(C)C)cc1N1CCN(C(=O)OC(C)(C)C)CC1. The molecule has 0 aliphatic carbocycles. The molecule has 1 aliphatic heterocycles. The van der Waals surface area contributed by atoms with Gasteiger partial charge in [-0.1, -0.05) is 25.6 Å². The third-order valence-corrected chi connectivity index (χ3v) is 5.56. The van der Waals surface area contributed by atoms with Crippen LogP contribution in [0.4, 0.5) is 10.5 Å². The number of carbonyl (C=O) groups is 2. The van der Waals surface area contributed by atoms with Crippen molar-refractivity contribution in [1.29, 1.82) is 0 Å². The summed E-state index contributed by atoms with van der Waals surface area (Å²) >= 11 is 0. The van der Waals surface area contributed by atoms with Crippen molar-refractivity contribution < 1.29 is 19.4 Å². The summed E-state index contributed by atoms with van der Waals surface area (Å²) in [6.07, 6.45) is -0.320. The molecule has 1 saturated heterocycles. The van der Waals surface area contributed by atoms with Gasteiger partial charge in [0.05, 0.1) is 6.42 Å². The second-order valence-electron chi connectivity index (χ2n) is 9.80. The molecule has 0 radical (unpaired) electrons. The van der Waals surface area contributed by atoms with Gasteiger partial charge in [-0.25, -0.2) is 4.79 Å². The fourth-order valence-electron chi connectivity index (χ4n) is 3.22. The van der Waals surface area contributed by atoms with Crippen molar-refractivity contribution in [2.75, 3.05) is 31.1 Å². The maximum atomic E-state index is 12.3. The Balaban J connectivity index is 2.26. The number of rotatable bonds is 3. The van der Waals surface area contributed by atoms with E-state index in [1.807, 2.05) is 33.8 Å². The third kappa shape index (κ3) is 7.10. The molecule has 1 heterocycles. The van der Waals surface area contributed by atoms with Crippen LogP contribution >= 0.6 is 0 Å². The smallest absolute Gasteiger partial charge is 0.410 e. The Kier molecular flexibility index (Phi) is 7.25. The number of carboxylic acids is 1. The molecule has 2 rings (SSSR count). The van der Waals surface area contributed by atoms with Gasteiger partial charge >= 0.3 is 12.1 Å². The van der Waals surface area contributed by atoms with Gasteiger partial charge in [-0.05, 0) is 51.0 Å². The number of carbonyl (C=O) groups excluding carboxylic acids is 1. The highest BCUT2D eigenvalue weighted by Gasteiger charge is 2.27. The number of hydrogen-bond acceptors (Lipinski definition) is 4. The Labute approximate surface area is 181 Å². The van der Waals surface area contributed by atoms with Crippen LogP contribution in [0.15, 0.2) is 12.1 Å². The van der Waals surface area contributed by atoms with Gasteiger partial charge in [0.25, 0.3) is 0 Å². The average molecular weight is 431 g/mol. The van der Waals surface area contributed by atoms with Gasteiger partial charge in [-0.15, -0.1) is 5.54 Å². The number of benzene rings is 1. The topological polar surface area (TPSA) is 70.1 Å². The van der Waals surface area contributed by atoms with E-state index in [9.17, 15) is 14.7 Å². The Bertz CT molecular complexity index is 864. The quantitative estimate of drug-likeness (QED) is 0.582. The maximum absolute atomic E-state index is 12.3. The van der Waals surface area contributed by atoms with Crippen LogP contribution in [0.3, 0.4) is 0 Å². The minimum Gasteiger partial charge on any atom is -0.481 e. The summed E-state index contributed by atoms with van der Waals surface area (Å²) < 4.78 is 5.48. The van der Waals surface area contributed by atoms with Crippen molar-refractivity contribution in [2.45, 2.75) is 59.4 Å². The Morgan fingerprint density at radius 2 is 1.73 bits per heavy atom. The van der Waals surface area contributed by atoms with Crippen molar-refractivity contribution >= 4 is 25.8 Å². The number of anilines is 1. The predicted octanol–water partition coefficient (Wildman–Crippen LogP) is 3.91. The van der Waals surface area contributed by atoms with Crippen molar-refractivity contribution in [3.05, 3.63) is 28.8 Å².